The molecule has 1 N–H and O–H groups in total. The molecule has 8 nitrogen and oxygen atoms in total. The first-order valence-corrected chi connectivity index (χ1v) is 12.3. The molecule has 1 aliphatic carbocycles. The van der Waals surface area contributed by atoms with Gasteiger partial charge >= 0.3 is 6.09 Å². The van der Waals surface area contributed by atoms with Crippen molar-refractivity contribution in [3.8, 4) is 0 Å². The highest BCUT2D eigenvalue weighted by atomic mass is 35.5. The number of fused-ring (bicyclic) bond motifs is 1. The van der Waals surface area contributed by atoms with E-state index in [1.807, 2.05) is 33.8 Å². The van der Waals surface area contributed by atoms with Gasteiger partial charge in [-0.2, -0.15) is 0 Å². The van der Waals surface area contributed by atoms with Crippen molar-refractivity contribution in [2.24, 2.45) is 11.8 Å². The van der Waals surface area contributed by atoms with Crippen LogP contribution in [0.5, 0.6) is 0 Å². The first-order chi connectivity index (χ1) is 15.6. The number of rotatable bonds is 6. The summed E-state index contributed by atoms with van der Waals surface area (Å²) in [6.45, 7) is 11.5. The van der Waals surface area contributed by atoms with Gasteiger partial charge in [0.1, 0.15) is 16.3 Å². The third kappa shape index (κ3) is 5.26. The van der Waals surface area contributed by atoms with E-state index in [1.165, 1.54) is 0 Å². The average molecular weight is 476 g/mol. The predicted octanol–water partition coefficient (Wildman–Crippen LogP) is 4.65. The molecule has 3 heterocycles. The molecule has 1 aliphatic heterocycles. The summed E-state index contributed by atoms with van der Waals surface area (Å²) in [5, 5.41) is 3.71. The van der Waals surface area contributed by atoms with E-state index in [4.69, 9.17) is 16.3 Å². The number of anilines is 1. The van der Waals surface area contributed by atoms with Crippen molar-refractivity contribution in [3.05, 3.63) is 27.1 Å². The highest BCUT2D eigenvalue weighted by molar-refractivity contribution is 6.30. The van der Waals surface area contributed by atoms with Crippen LogP contribution < -0.4 is 10.9 Å². The van der Waals surface area contributed by atoms with Crippen molar-refractivity contribution in [2.45, 2.75) is 71.9 Å². The highest BCUT2D eigenvalue weighted by Gasteiger charge is 2.33. The standard InChI is InChI=1S/C24H34ClN5O3/c1-6-16-11-18-21(28-19(16)25)30(14(2)17-7-8-17)22(31)20(27-18)26-12-15-9-10-29(13-15)23(32)33-24(3,4)5/h11,14-15,17H,6-10,12-13H2,1-5H3,(H,26,27). The molecule has 2 unspecified atom stereocenters. The Kier molecular flexibility index (Phi) is 6.58. The number of hydrogen-bond acceptors (Lipinski definition) is 6. The summed E-state index contributed by atoms with van der Waals surface area (Å²) < 4.78 is 7.24. The van der Waals surface area contributed by atoms with E-state index in [1.54, 1.807) is 9.47 Å². The van der Waals surface area contributed by atoms with Crippen LogP contribution in [0.3, 0.4) is 0 Å². The van der Waals surface area contributed by atoms with Crippen LogP contribution in [-0.2, 0) is 11.2 Å². The van der Waals surface area contributed by atoms with E-state index in [2.05, 4.69) is 22.2 Å². The molecule has 0 aromatic carbocycles. The lowest BCUT2D eigenvalue weighted by Gasteiger charge is -2.24. The molecule has 9 heteroatoms. The number of halogens is 1. The summed E-state index contributed by atoms with van der Waals surface area (Å²) in [5.74, 6) is 1.03. The fourth-order valence-electron chi connectivity index (χ4n) is 4.41. The Morgan fingerprint density at radius 2 is 2.03 bits per heavy atom. The van der Waals surface area contributed by atoms with E-state index in [0.717, 1.165) is 31.2 Å². The zero-order valence-corrected chi connectivity index (χ0v) is 20.9. The first kappa shape index (κ1) is 23.8. The molecule has 2 aliphatic rings. The molecule has 0 bridgehead atoms. The van der Waals surface area contributed by atoms with Gasteiger partial charge in [0.25, 0.3) is 5.56 Å². The molecule has 180 valence electrons. The Balaban J connectivity index is 1.55. The van der Waals surface area contributed by atoms with Crippen LogP contribution in [0.1, 0.15) is 65.5 Å². The summed E-state index contributed by atoms with van der Waals surface area (Å²) >= 11 is 6.38. The van der Waals surface area contributed by atoms with Crippen LogP contribution in [0, 0.1) is 11.8 Å². The molecular formula is C24H34ClN5O3. The summed E-state index contributed by atoms with van der Waals surface area (Å²) in [4.78, 5) is 36.7. The van der Waals surface area contributed by atoms with Crippen LogP contribution in [0.4, 0.5) is 10.6 Å². The number of nitrogens with zero attached hydrogens (tertiary/aromatic N) is 4. The van der Waals surface area contributed by atoms with Crippen molar-refractivity contribution >= 4 is 34.7 Å². The van der Waals surface area contributed by atoms with Crippen LogP contribution in [0.25, 0.3) is 11.2 Å². The van der Waals surface area contributed by atoms with Crippen molar-refractivity contribution < 1.29 is 9.53 Å². The third-order valence-corrected chi connectivity index (χ3v) is 6.81. The molecule has 2 aromatic rings. The summed E-state index contributed by atoms with van der Waals surface area (Å²) in [5.41, 5.74) is 1.45. The third-order valence-electron chi connectivity index (χ3n) is 6.48. The maximum Gasteiger partial charge on any atom is 0.410 e. The van der Waals surface area contributed by atoms with Gasteiger partial charge in [-0.1, -0.05) is 18.5 Å². The lowest BCUT2D eigenvalue weighted by Crippen LogP contribution is -2.36. The van der Waals surface area contributed by atoms with E-state index in [0.29, 0.717) is 47.7 Å². The number of aromatic nitrogens is 3. The molecule has 2 fully saturated rings. The number of aryl methyl sites for hydroxylation is 1. The van der Waals surface area contributed by atoms with Gasteiger partial charge in [-0.05, 0) is 76.8 Å². The van der Waals surface area contributed by atoms with Gasteiger partial charge in [-0.25, -0.2) is 14.8 Å². The average Bonchev–Trinajstić information content (AvgIpc) is 3.48. The fraction of sp³-hybridized carbons (Fsp3) is 0.667. The quantitative estimate of drug-likeness (QED) is 0.612. The van der Waals surface area contributed by atoms with Crippen LogP contribution >= 0.6 is 11.6 Å². The second kappa shape index (κ2) is 9.12. The topological polar surface area (TPSA) is 89.4 Å². The number of amides is 1. The largest absolute Gasteiger partial charge is 0.444 e. The maximum atomic E-state index is 13.4. The second-order valence-corrected chi connectivity index (χ2v) is 10.7. The molecular weight excluding hydrogens is 442 g/mol. The van der Waals surface area contributed by atoms with Gasteiger partial charge in [-0.3, -0.25) is 9.36 Å². The van der Waals surface area contributed by atoms with E-state index < -0.39 is 5.60 Å². The Morgan fingerprint density at radius 1 is 1.30 bits per heavy atom. The lowest BCUT2D eigenvalue weighted by molar-refractivity contribution is 0.0289. The van der Waals surface area contributed by atoms with Crippen molar-refractivity contribution in [1.29, 1.82) is 0 Å². The van der Waals surface area contributed by atoms with Crippen LogP contribution in [-0.4, -0.2) is 50.8 Å². The fourth-order valence-corrected chi connectivity index (χ4v) is 4.68. The minimum atomic E-state index is -0.514. The van der Waals surface area contributed by atoms with Gasteiger partial charge in [0.15, 0.2) is 11.5 Å². The molecule has 33 heavy (non-hydrogen) atoms. The minimum absolute atomic E-state index is 0.0359. The summed E-state index contributed by atoms with van der Waals surface area (Å²) in [7, 11) is 0. The molecule has 1 saturated carbocycles. The Bertz CT molecular complexity index is 1110. The molecule has 2 atom stereocenters. The van der Waals surface area contributed by atoms with Gasteiger partial charge in [-0.15, -0.1) is 0 Å². The van der Waals surface area contributed by atoms with Crippen molar-refractivity contribution in [3.63, 3.8) is 0 Å². The Morgan fingerprint density at radius 3 is 2.67 bits per heavy atom. The normalized spacial score (nSPS) is 19.7. The smallest absolute Gasteiger partial charge is 0.410 e. The Labute approximate surface area is 199 Å². The number of pyridine rings is 1. The number of nitrogens with one attached hydrogen (secondary N) is 1. The first-order valence-electron chi connectivity index (χ1n) is 11.9. The van der Waals surface area contributed by atoms with E-state index in [-0.39, 0.29) is 23.6 Å². The SMILES string of the molecule is CCc1cc2nc(NCC3CCN(C(=O)OC(C)(C)C)C3)c(=O)n(C(C)C3CC3)c2nc1Cl. The number of likely N-dealkylation sites (tertiary alicyclic amines) is 1. The van der Waals surface area contributed by atoms with Gasteiger partial charge in [0, 0.05) is 25.7 Å². The number of carbonyl (C=O) groups excluding carboxylic acids is 1. The molecule has 1 saturated heterocycles. The zero-order chi connectivity index (χ0) is 23.9. The predicted molar refractivity (Wildman–Crippen MR) is 130 cm³/mol. The number of ether oxygens (including phenoxy) is 1. The molecule has 0 radical (unpaired) electrons. The van der Waals surface area contributed by atoms with Gasteiger partial charge in [0.05, 0.1) is 0 Å². The minimum Gasteiger partial charge on any atom is -0.444 e. The number of hydrogen-bond donors (Lipinski definition) is 1. The van der Waals surface area contributed by atoms with Crippen molar-refractivity contribution in [1.82, 2.24) is 19.4 Å². The van der Waals surface area contributed by atoms with Gasteiger partial charge < -0.3 is 15.0 Å². The molecule has 0 spiro atoms. The van der Waals surface area contributed by atoms with Crippen LogP contribution in [0.2, 0.25) is 5.15 Å². The molecule has 1 amide bonds. The van der Waals surface area contributed by atoms with Crippen LogP contribution in [0.15, 0.2) is 10.9 Å². The monoisotopic (exact) mass is 475 g/mol. The highest BCUT2D eigenvalue weighted by Crippen LogP contribution is 2.40. The lowest BCUT2D eigenvalue weighted by atomic mass is 10.1. The summed E-state index contributed by atoms with van der Waals surface area (Å²) in [6.07, 6.45) is 3.53. The number of carbonyl (C=O) groups is 1. The van der Waals surface area contributed by atoms with E-state index in [9.17, 15) is 9.59 Å². The maximum absolute atomic E-state index is 13.4. The molecule has 2 aromatic heterocycles. The Hall–Kier alpha value is -2.35. The molecule has 4 rings (SSSR count). The van der Waals surface area contributed by atoms with Crippen molar-refractivity contribution in [2.75, 3.05) is 25.0 Å². The summed E-state index contributed by atoms with van der Waals surface area (Å²) in [6, 6.07) is 1.97. The van der Waals surface area contributed by atoms with Gasteiger partial charge in [0.2, 0.25) is 0 Å². The van der Waals surface area contributed by atoms with E-state index >= 15 is 0 Å². The second-order valence-electron chi connectivity index (χ2n) is 10.3. The zero-order valence-electron chi connectivity index (χ0n) is 20.2.